The van der Waals surface area contributed by atoms with E-state index in [-0.39, 0.29) is 12.5 Å². The second kappa shape index (κ2) is 7.44. The maximum atomic E-state index is 12.3. The van der Waals surface area contributed by atoms with E-state index in [1.165, 1.54) is 7.11 Å². The second-order valence-corrected chi connectivity index (χ2v) is 5.23. The van der Waals surface area contributed by atoms with Gasteiger partial charge in [0, 0.05) is 11.1 Å². The second-order valence-electron chi connectivity index (χ2n) is 5.23. The first-order valence-electron chi connectivity index (χ1n) is 7.62. The summed E-state index contributed by atoms with van der Waals surface area (Å²) in [5.41, 5.74) is 1.71. The first-order valence-corrected chi connectivity index (χ1v) is 7.62. The zero-order valence-corrected chi connectivity index (χ0v) is 13.6. The van der Waals surface area contributed by atoms with Crippen molar-refractivity contribution in [3.8, 4) is 5.75 Å². The predicted octanol–water partition coefficient (Wildman–Crippen LogP) is 3.04. The molecule has 1 aromatic heterocycles. The molecule has 0 unspecified atom stereocenters. The number of rotatable bonds is 5. The standard InChI is InChI=1S/C19H16N2O4/c1-24-18(22)12-25-15-9-7-14(8-10-15)20-19(23)17-11-6-13-4-2-3-5-16(13)21-17/h2-11H,12H2,1H3,(H,20,23). The fraction of sp³-hybridized carbons (Fsp3) is 0.105. The minimum atomic E-state index is -0.459. The molecule has 25 heavy (non-hydrogen) atoms. The van der Waals surface area contributed by atoms with Gasteiger partial charge in [0.2, 0.25) is 0 Å². The molecule has 1 amide bonds. The summed E-state index contributed by atoms with van der Waals surface area (Å²) < 4.78 is 9.75. The van der Waals surface area contributed by atoms with Crippen LogP contribution in [0.1, 0.15) is 10.5 Å². The number of pyridine rings is 1. The van der Waals surface area contributed by atoms with Crippen LogP contribution in [-0.4, -0.2) is 30.6 Å². The van der Waals surface area contributed by atoms with Crippen molar-refractivity contribution in [1.82, 2.24) is 4.98 Å². The van der Waals surface area contributed by atoms with E-state index in [4.69, 9.17) is 4.74 Å². The Balaban J connectivity index is 1.66. The number of anilines is 1. The number of benzene rings is 2. The monoisotopic (exact) mass is 336 g/mol. The van der Waals surface area contributed by atoms with Crippen molar-refractivity contribution in [2.24, 2.45) is 0 Å². The molecule has 0 bridgehead atoms. The highest BCUT2D eigenvalue weighted by atomic mass is 16.6. The molecule has 0 aliphatic carbocycles. The first-order chi connectivity index (χ1) is 12.2. The Morgan fingerprint density at radius 2 is 1.76 bits per heavy atom. The number of carbonyl (C=O) groups excluding carboxylic acids is 2. The van der Waals surface area contributed by atoms with Crippen LogP contribution in [-0.2, 0) is 9.53 Å². The topological polar surface area (TPSA) is 77.5 Å². The Morgan fingerprint density at radius 1 is 1.00 bits per heavy atom. The zero-order chi connectivity index (χ0) is 17.6. The van der Waals surface area contributed by atoms with Gasteiger partial charge in [-0.1, -0.05) is 24.3 Å². The molecule has 126 valence electrons. The lowest BCUT2D eigenvalue weighted by atomic mass is 10.2. The minimum Gasteiger partial charge on any atom is -0.482 e. The summed E-state index contributed by atoms with van der Waals surface area (Å²) in [4.78, 5) is 27.7. The molecule has 0 aliphatic heterocycles. The Morgan fingerprint density at radius 3 is 2.52 bits per heavy atom. The van der Waals surface area contributed by atoms with Gasteiger partial charge in [0.25, 0.3) is 5.91 Å². The van der Waals surface area contributed by atoms with Gasteiger partial charge in [0.05, 0.1) is 12.6 Å². The summed E-state index contributed by atoms with van der Waals surface area (Å²) >= 11 is 0. The van der Waals surface area contributed by atoms with E-state index >= 15 is 0 Å². The van der Waals surface area contributed by atoms with Crippen LogP contribution in [0.3, 0.4) is 0 Å². The van der Waals surface area contributed by atoms with Crippen molar-refractivity contribution in [1.29, 1.82) is 0 Å². The molecule has 0 saturated carbocycles. The number of nitrogens with one attached hydrogen (secondary N) is 1. The highest BCUT2D eigenvalue weighted by Gasteiger charge is 2.09. The summed E-state index contributed by atoms with van der Waals surface area (Å²) in [6.45, 7) is -0.163. The third kappa shape index (κ3) is 4.11. The molecular formula is C19H16N2O4. The summed E-state index contributed by atoms with van der Waals surface area (Å²) in [5, 5.41) is 3.76. The molecule has 0 spiro atoms. The Hall–Kier alpha value is -3.41. The van der Waals surface area contributed by atoms with Gasteiger partial charge in [0.15, 0.2) is 6.61 Å². The van der Waals surface area contributed by atoms with Gasteiger partial charge in [-0.05, 0) is 36.4 Å². The van der Waals surface area contributed by atoms with Crippen molar-refractivity contribution in [3.05, 3.63) is 66.4 Å². The van der Waals surface area contributed by atoms with E-state index < -0.39 is 5.97 Å². The quantitative estimate of drug-likeness (QED) is 0.725. The molecule has 1 N–H and O–H groups in total. The number of fused-ring (bicyclic) bond motifs is 1. The SMILES string of the molecule is COC(=O)COc1ccc(NC(=O)c2ccc3ccccc3n2)cc1. The van der Waals surface area contributed by atoms with E-state index in [0.29, 0.717) is 17.1 Å². The van der Waals surface area contributed by atoms with Crippen molar-refractivity contribution >= 4 is 28.5 Å². The molecular weight excluding hydrogens is 320 g/mol. The molecule has 0 radical (unpaired) electrons. The van der Waals surface area contributed by atoms with Crippen molar-refractivity contribution in [3.63, 3.8) is 0 Å². The van der Waals surface area contributed by atoms with E-state index in [1.54, 1.807) is 30.3 Å². The van der Waals surface area contributed by atoms with E-state index in [2.05, 4.69) is 15.0 Å². The first kappa shape index (κ1) is 16.4. The number of methoxy groups -OCH3 is 1. The molecule has 6 nitrogen and oxygen atoms in total. The smallest absolute Gasteiger partial charge is 0.343 e. The highest BCUT2D eigenvalue weighted by molar-refractivity contribution is 6.04. The number of carbonyl (C=O) groups is 2. The van der Waals surface area contributed by atoms with Gasteiger partial charge >= 0.3 is 5.97 Å². The molecule has 1 heterocycles. The number of ether oxygens (including phenoxy) is 2. The molecule has 0 aliphatic rings. The van der Waals surface area contributed by atoms with Crippen molar-refractivity contribution in [2.75, 3.05) is 19.0 Å². The maximum absolute atomic E-state index is 12.3. The van der Waals surface area contributed by atoms with Crippen LogP contribution < -0.4 is 10.1 Å². The summed E-state index contributed by atoms with van der Waals surface area (Å²) in [7, 11) is 1.30. The van der Waals surface area contributed by atoms with Crippen LogP contribution in [0, 0.1) is 0 Å². The Bertz CT molecular complexity index is 907. The van der Waals surface area contributed by atoms with Crippen molar-refractivity contribution < 1.29 is 19.1 Å². The summed E-state index contributed by atoms with van der Waals surface area (Å²) in [5.74, 6) is -0.249. The van der Waals surface area contributed by atoms with Gasteiger partial charge in [-0.3, -0.25) is 4.79 Å². The van der Waals surface area contributed by atoms with E-state index in [0.717, 1.165) is 10.9 Å². The van der Waals surface area contributed by atoms with Gasteiger partial charge in [-0.15, -0.1) is 0 Å². The van der Waals surface area contributed by atoms with Crippen LogP contribution in [0.2, 0.25) is 0 Å². The largest absolute Gasteiger partial charge is 0.482 e. The number of amides is 1. The lowest BCUT2D eigenvalue weighted by Gasteiger charge is -2.08. The summed E-state index contributed by atoms with van der Waals surface area (Å²) in [6, 6.07) is 17.8. The molecule has 0 saturated heterocycles. The minimum absolute atomic E-state index is 0.163. The fourth-order valence-electron chi connectivity index (χ4n) is 2.22. The van der Waals surface area contributed by atoms with Crippen LogP contribution in [0.15, 0.2) is 60.7 Å². The average molecular weight is 336 g/mol. The van der Waals surface area contributed by atoms with Crippen LogP contribution in [0.25, 0.3) is 10.9 Å². The molecule has 0 fully saturated rings. The summed E-state index contributed by atoms with van der Waals surface area (Å²) in [6.07, 6.45) is 0. The Kier molecular flexibility index (Phi) is 4.89. The fourth-order valence-corrected chi connectivity index (χ4v) is 2.22. The number of para-hydroxylation sites is 1. The van der Waals surface area contributed by atoms with Gasteiger partial charge < -0.3 is 14.8 Å². The molecule has 3 aromatic rings. The van der Waals surface area contributed by atoms with Gasteiger partial charge in [0.1, 0.15) is 11.4 Å². The number of nitrogens with zero attached hydrogens (tertiary/aromatic N) is 1. The molecule has 6 heteroatoms. The molecule has 3 rings (SSSR count). The highest BCUT2D eigenvalue weighted by Crippen LogP contribution is 2.17. The lowest BCUT2D eigenvalue weighted by Crippen LogP contribution is -2.14. The number of esters is 1. The van der Waals surface area contributed by atoms with Gasteiger partial charge in [-0.2, -0.15) is 0 Å². The van der Waals surface area contributed by atoms with Gasteiger partial charge in [-0.25, -0.2) is 9.78 Å². The lowest BCUT2D eigenvalue weighted by molar-refractivity contribution is -0.142. The van der Waals surface area contributed by atoms with E-state index in [9.17, 15) is 9.59 Å². The third-order valence-corrected chi connectivity index (χ3v) is 3.53. The Labute approximate surface area is 144 Å². The zero-order valence-electron chi connectivity index (χ0n) is 13.6. The number of aromatic nitrogens is 1. The maximum Gasteiger partial charge on any atom is 0.343 e. The van der Waals surface area contributed by atoms with Crippen molar-refractivity contribution in [2.45, 2.75) is 0 Å². The number of hydrogen-bond donors (Lipinski definition) is 1. The molecule has 2 aromatic carbocycles. The predicted molar refractivity (Wildman–Crippen MR) is 93.6 cm³/mol. The third-order valence-electron chi connectivity index (χ3n) is 3.53. The average Bonchev–Trinajstić information content (AvgIpc) is 2.66. The normalized spacial score (nSPS) is 10.3. The number of hydrogen-bond acceptors (Lipinski definition) is 5. The molecule has 0 atom stereocenters. The van der Waals surface area contributed by atoms with E-state index in [1.807, 2.05) is 30.3 Å². The van der Waals surface area contributed by atoms with Crippen LogP contribution in [0.4, 0.5) is 5.69 Å². The van der Waals surface area contributed by atoms with Crippen LogP contribution in [0.5, 0.6) is 5.75 Å². The van der Waals surface area contributed by atoms with Crippen LogP contribution >= 0.6 is 0 Å².